The predicted octanol–water partition coefficient (Wildman–Crippen LogP) is 3.09. The van der Waals surface area contributed by atoms with Gasteiger partial charge in [-0.05, 0) is 48.9 Å². The number of aromatic hydroxyl groups is 1. The highest BCUT2D eigenvalue weighted by atomic mass is 16.3. The van der Waals surface area contributed by atoms with Crippen LogP contribution in [0.25, 0.3) is 0 Å². The normalized spacial score (nSPS) is 24.1. The average Bonchev–Trinajstić information content (AvgIpc) is 2.84. The van der Waals surface area contributed by atoms with Crippen LogP contribution in [-0.2, 0) is 0 Å². The number of benzene rings is 1. The second-order valence-electron chi connectivity index (χ2n) is 5.61. The van der Waals surface area contributed by atoms with Crippen LogP contribution in [0.4, 0.5) is 0 Å². The van der Waals surface area contributed by atoms with Gasteiger partial charge in [0, 0.05) is 6.04 Å². The number of rotatable bonds is 4. The first kappa shape index (κ1) is 11.5. The highest BCUT2D eigenvalue weighted by Crippen LogP contribution is 2.51. The van der Waals surface area contributed by atoms with E-state index >= 15 is 0 Å². The zero-order valence-corrected chi connectivity index (χ0v) is 10.3. The molecule has 1 aliphatic rings. The van der Waals surface area contributed by atoms with Crippen LogP contribution in [0.5, 0.6) is 5.75 Å². The molecule has 1 aromatic carbocycles. The maximum Gasteiger partial charge on any atom is 0.115 e. The molecule has 1 aliphatic carbocycles. The molecule has 1 saturated carbocycles. The summed E-state index contributed by atoms with van der Waals surface area (Å²) in [6.07, 6.45) is 1.34. The number of hydrogen-bond donors (Lipinski definition) is 2. The fraction of sp³-hybridized carbons (Fsp3) is 0.571. The molecule has 0 heterocycles. The lowest BCUT2D eigenvalue weighted by atomic mass is 10.1. The van der Waals surface area contributed by atoms with Gasteiger partial charge in [-0.3, -0.25) is 0 Å². The van der Waals surface area contributed by atoms with Crippen molar-refractivity contribution >= 4 is 0 Å². The Morgan fingerprint density at radius 1 is 1.38 bits per heavy atom. The first-order chi connectivity index (χ1) is 7.49. The zero-order chi connectivity index (χ0) is 11.8. The smallest absolute Gasteiger partial charge is 0.115 e. The van der Waals surface area contributed by atoms with Crippen LogP contribution in [0, 0.1) is 11.3 Å². The molecule has 2 unspecified atom stereocenters. The summed E-state index contributed by atoms with van der Waals surface area (Å²) in [6, 6.07) is 7.80. The Hall–Kier alpha value is -1.02. The van der Waals surface area contributed by atoms with Crippen LogP contribution in [0.3, 0.4) is 0 Å². The molecule has 0 saturated heterocycles. The second kappa shape index (κ2) is 4.10. The minimum Gasteiger partial charge on any atom is -0.508 e. The summed E-state index contributed by atoms with van der Waals surface area (Å²) < 4.78 is 0. The maximum atomic E-state index is 9.21. The van der Waals surface area contributed by atoms with Gasteiger partial charge in [0.2, 0.25) is 0 Å². The molecule has 2 heteroatoms. The van der Waals surface area contributed by atoms with Gasteiger partial charge in [0.1, 0.15) is 5.75 Å². The van der Waals surface area contributed by atoms with E-state index < -0.39 is 0 Å². The van der Waals surface area contributed by atoms with E-state index in [0.717, 1.165) is 12.5 Å². The predicted molar refractivity (Wildman–Crippen MR) is 66.4 cm³/mol. The Labute approximate surface area is 97.7 Å². The third-order valence-electron chi connectivity index (χ3n) is 3.78. The van der Waals surface area contributed by atoms with Crippen LogP contribution in [0.2, 0.25) is 0 Å². The maximum absolute atomic E-state index is 9.21. The topological polar surface area (TPSA) is 32.3 Å². The molecule has 2 atom stereocenters. The molecule has 16 heavy (non-hydrogen) atoms. The van der Waals surface area contributed by atoms with Crippen molar-refractivity contribution in [1.29, 1.82) is 0 Å². The summed E-state index contributed by atoms with van der Waals surface area (Å²) in [4.78, 5) is 0. The number of hydrogen-bond acceptors (Lipinski definition) is 2. The molecular weight excluding hydrogens is 198 g/mol. The van der Waals surface area contributed by atoms with E-state index in [0.29, 0.717) is 17.2 Å². The monoisotopic (exact) mass is 219 g/mol. The van der Waals surface area contributed by atoms with Gasteiger partial charge in [-0.1, -0.05) is 26.0 Å². The largest absolute Gasteiger partial charge is 0.508 e. The molecule has 0 amide bonds. The van der Waals surface area contributed by atoms with Gasteiger partial charge < -0.3 is 10.4 Å². The van der Waals surface area contributed by atoms with Crippen LogP contribution >= 0.6 is 0 Å². The number of phenols is 1. The Kier molecular flexibility index (Phi) is 2.94. The van der Waals surface area contributed by atoms with Crippen LogP contribution in [-0.4, -0.2) is 11.7 Å². The van der Waals surface area contributed by atoms with Gasteiger partial charge in [-0.15, -0.1) is 0 Å². The van der Waals surface area contributed by atoms with Crippen molar-refractivity contribution < 1.29 is 5.11 Å². The summed E-state index contributed by atoms with van der Waals surface area (Å²) in [5.41, 5.74) is 1.78. The molecule has 0 radical (unpaired) electrons. The molecule has 2 N–H and O–H groups in total. The van der Waals surface area contributed by atoms with Gasteiger partial charge in [0.25, 0.3) is 0 Å². The van der Waals surface area contributed by atoms with Gasteiger partial charge in [0.15, 0.2) is 0 Å². The molecule has 88 valence electrons. The minimum atomic E-state index is 0.333. The SMILES string of the molecule is CC(NCC1CC1(C)C)c1ccc(O)cc1. The Morgan fingerprint density at radius 2 is 1.94 bits per heavy atom. The molecule has 1 aromatic rings. The average molecular weight is 219 g/mol. The van der Waals surface area contributed by atoms with E-state index in [1.54, 1.807) is 12.1 Å². The lowest BCUT2D eigenvalue weighted by Crippen LogP contribution is -2.22. The van der Waals surface area contributed by atoms with Crippen molar-refractivity contribution in [2.45, 2.75) is 33.2 Å². The molecular formula is C14H21NO. The quantitative estimate of drug-likeness (QED) is 0.815. The second-order valence-corrected chi connectivity index (χ2v) is 5.61. The van der Waals surface area contributed by atoms with E-state index in [1.807, 2.05) is 12.1 Å². The molecule has 0 spiro atoms. The first-order valence-corrected chi connectivity index (χ1v) is 6.01. The number of nitrogens with one attached hydrogen (secondary N) is 1. The van der Waals surface area contributed by atoms with Crippen LogP contribution in [0.15, 0.2) is 24.3 Å². The standard InChI is InChI=1S/C14H21NO/c1-10(11-4-6-13(16)7-5-11)15-9-12-8-14(12,2)3/h4-7,10,12,15-16H,8-9H2,1-3H3. The highest BCUT2D eigenvalue weighted by Gasteiger charge is 2.44. The number of phenolic OH excluding ortho intramolecular Hbond substituents is 1. The highest BCUT2D eigenvalue weighted by molar-refractivity contribution is 5.27. The van der Waals surface area contributed by atoms with Crippen molar-refractivity contribution in [3.8, 4) is 5.75 Å². The van der Waals surface area contributed by atoms with Crippen molar-refractivity contribution in [2.24, 2.45) is 11.3 Å². The summed E-state index contributed by atoms with van der Waals surface area (Å²) in [5.74, 6) is 1.16. The van der Waals surface area contributed by atoms with Gasteiger partial charge >= 0.3 is 0 Å². The van der Waals surface area contributed by atoms with Gasteiger partial charge in [0.05, 0.1) is 0 Å². The Morgan fingerprint density at radius 3 is 2.44 bits per heavy atom. The summed E-state index contributed by atoms with van der Waals surface area (Å²) in [5, 5.41) is 12.8. The summed E-state index contributed by atoms with van der Waals surface area (Å²) in [7, 11) is 0. The molecule has 0 aromatic heterocycles. The van der Waals surface area contributed by atoms with Gasteiger partial charge in [-0.25, -0.2) is 0 Å². The van der Waals surface area contributed by atoms with Gasteiger partial charge in [-0.2, -0.15) is 0 Å². The van der Waals surface area contributed by atoms with E-state index in [-0.39, 0.29) is 0 Å². The zero-order valence-electron chi connectivity index (χ0n) is 10.3. The first-order valence-electron chi connectivity index (χ1n) is 6.01. The molecule has 0 aliphatic heterocycles. The van der Waals surface area contributed by atoms with E-state index in [9.17, 15) is 5.11 Å². The van der Waals surface area contributed by atoms with Crippen molar-refractivity contribution in [1.82, 2.24) is 5.32 Å². The molecule has 0 bridgehead atoms. The third kappa shape index (κ3) is 2.56. The van der Waals surface area contributed by atoms with Crippen LogP contribution in [0.1, 0.15) is 38.8 Å². The fourth-order valence-electron chi connectivity index (χ4n) is 2.12. The van der Waals surface area contributed by atoms with Crippen LogP contribution < -0.4 is 5.32 Å². The van der Waals surface area contributed by atoms with Crippen molar-refractivity contribution in [3.05, 3.63) is 29.8 Å². The summed E-state index contributed by atoms with van der Waals surface area (Å²) in [6.45, 7) is 7.91. The lowest BCUT2D eigenvalue weighted by Gasteiger charge is -2.15. The summed E-state index contributed by atoms with van der Waals surface area (Å²) >= 11 is 0. The molecule has 1 fully saturated rings. The Balaban J connectivity index is 1.84. The van der Waals surface area contributed by atoms with Crippen molar-refractivity contribution in [2.75, 3.05) is 6.54 Å². The molecule has 2 nitrogen and oxygen atoms in total. The minimum absolute atomic E-state index is 0.333. The van der Waals surface area contributed by atoms with E-state index in [4.69, 9.17) is 0 Å². The fourth-order valence-corrected chi connectivity index (χ4v) is 2.12. The lowest BCUT2D eigenvalue weighted by molar-refractivity contribution is 0.472. The van der Waals surface area contributed by atoms with E-state index in [2.05, 4.69) is 26.1 Å². The van der Waals surface area contributed by atoms with E-state index in [1.165, 1.54) is 12.0 Å². The molecule has 2 rings (SSSR count). The third-order valence-corrected chi connectivity index (χ3v) is 3.78. The van der Waals surface area contributed by atoms with Crippen molar-refractivity contribution in [3.63, 3.8) is 0 Å². The Bertz CT molecular complexity index is 356.